The molecule has 0 radical (unpaired) electrons. The zero-order chi connectivity index (χ0) is 12.8. The number of carbonyl (C=O) groups excluding carboxylic acids is 1. The van der Waals surface area contributed by atoms with Gasteiger partial charge in [-0.2, -0.15) is 0 Å². The Bertz CT molecular complexity index is 382. The van der Waals surface area contributed by atoms with Gasteiger partial charge >= 0.3 is 5.97 Å². The zero-order valence-electron chi connectivity index (χ0n) is 9.66. The topological polar surface area (TPSA) is 88.9 Å². The van der Waals surface area contributed by atoms with Crippen molar-refractivity contribution in [2.45, 2.75) is 19.1 Å². The lowest BCUT2D eigenvalue weighted by Crippen LogP contribution is -2.30. The second kappa shape index (κ2) is 6.17. The van der Waals surface area contributed by atoms with Crippen LogP contribution in [-0.2, 0) is 9.53 Å². The maximum Gasteiger partial charge on any atom is 0.338 e. The van der Waals surface area contributed by atoms with E-state index in [1.165, 1.54) is 25.6 Å². The molecule has 2 atom stereocenters. The Morgan fingerprint density at radius 2 is 2.24 bits per heavy atom. The Labute approximate surface area is 98.8 Å². The van der Waals surface area contributed by atoms with Gasteiger partial charge in [0, 0.05) is 18.0 Å². The summed E-state index contributed by atoms with van der Waals surface area (Å²) in [5, 5.41) is 19.4. The molecule has 1 aromatic rings. The molecule has 0 amide bonds. The molecule has 1 rings (SSSR count). The Kier molecular flexibility index (Phi) is 4.86. The summed E-state index contributed by atoms with van der Waals surface area (Å²) < 4.78 is 9.60. The van der Waals surface area contributed by atoms with E-state index in [-0.39, 0.29) is 12.2 Å². The number of hydrogen-bond acceptors (Lipinski definition) is 6. The predicted molar refractivity (Wildman–Crippen MR) is 58.4 cm³/mol. The first kappa shape index (κ1) is 13.4. The third kappa shape index (κ3) is 3.15. The van der Waals surface area contributed by atoms with E-state index in [0.717, 1.165) is 0 Å². The number of carbonyl (C=O) groups is 1. The largest absolute Gasteiger partial charge is 0.496 e. The Morgan fingerprint density at radius 3 is 2.82 bits per heavy atom. The molecule has 0 saturated heterocycles. The van der Waals surface area contributed by atoms with Gasteiger partial charge in [0.2, 0.25) is 0 Å². The Hall–Kier alpha value is -1.66. The highest BCUT2D eigenvalue weighted by molar-refractivity contribution is 5.75. The molecular formula is C11H15NO5. The summed E-state index contributed by atoms with van der Waals surface area (Å²) in [6.07, 6.45) is -0.289. The van der Waals surface area contributed by atoms with Crippen molar-refractivity contribution in [1.82, 2.24) is 4.98 Å². The van der Waals surface area contributed by atoms with Crippen LogP contribution >= 0.6 is 0 Å². The standard InChI is InChI=1S/C11H15NO5/c1-3-17-11(15)10(14)9(13)7-6-12-5-4-8(7)16-2/h4-6,9-10,13-14H,3H2,1-2H3. The average Bonchev–Trinajstić information content (AvgIpc) is 2.37. The third-order valence-corrected chi connectivity index (χ3v) is 2.18. The number of aliphatic hydroxyl groups is 2. The van der Waals surface area contributed by atoms with Gasteiger partial charge in [-0.25, -0.2) is 4.79 Å². The SMILES string of the molecule is CCOC(=O)C(O)C(O)c1cnccc1OC. The lowest BCUT2D eigenvalue weighted by molar-refractivity contribution is -0.159. The molecule has 0 aliphatic rings. The van der Waals surface area contributed by atoms with Gasteiger partial charge in [0.15, 0.2) is 6.10 Å². The van der Waals surface area contributed by atoms with Crippen molar-refractivity contribution >= 4 is 5.97 Å². The van der Waals surface area contributed by atoms with Crippen LogP contribution in [0.5, 0.6) is 5.75 Å². The van der Waals surface area contributed by atoms with Gasteiger partial charge in [-0.05, 0) is 13.0 Å². The van der Waals surface area contributed by atoms with E-state index in [2.05, 4.69) is 9.72 Å². The van der Waals surface area contributed by atoms with Crippen molar-refractivity contribution in [3.05, 3.63) is 24.0 Å². The fraction of sp³-hybridized carbons (Fsp3) is 0.455. The van der Waals surface area contributed by atoms with Crippen molar-refractivity contribution in [2.24, 2.45) is 0 Å². The van der Waals surface area contributed by atoms with Crippen LogP contribution in [0, 0.1) is 0 Å². The van der Waals surface area contributed by atoms with E-state index < -0.39 is 18.2 Å². The molecule has 0 saturated carbocycles. The van der Waals surface area contributed by atoms with Crippen LogP contribution in [0.15, 0.2) is 18.5 Å². The van der Waals surface area contributed by atoms with Crippen molar-refractivity contribution in [2.75, 3.05) is 13.7 Å². The van der Waals surface area contributed by atoms with Crippen molar-refractivity contribution < 1.29 is 24.5 Å². The molecule has 17 heavy (non-hydrogen) atoms. The third-order valence-electron chi connectivity index (χ3n) is 2.18. The zero-order valence-corrected chi connectivity index (χ0v) is 9.66. The Balaban J connectivity index is 2.88. The van der Waals surface area contributed by atoms with Crippen LogP contribution in [0.3, 0.4) is 0 Å². The minimum atomic E-state index is -1.66. The van der Waals surface area contributed by atoms with E-state index in [4.69, 9.17) is 4.74 Å². The number of methoxy groups -OCH3 is 1. The van der Waals surface area contributed by atoms with Crippen LogP contribution in [0.2, 0.25) is 0 Å². The highest BCUT2D eigenvalue weighted by Crippen LogP contribution is 2.26. The lowest BCUT2D eigenvalue weighted by Gasteiger charge is -2.18. The van der Waals surface area contributed by atoms with Crippen LogP contribution in [0.4, 0.5) is 0 Å². The van der Waals surface area contributed by atoms with Crippen molar-refractivity contribution in [3.63, 3.8) is 0 Å². The van der Waals surface area contributed by atoms with Gasteiger partial charge < -0.3 is 19.7 Å². The van der Waals surface area contributed by atoms with Gasteiger partial charge in [0.1, 0.15) is 11.9 Å². The first-order chi connectivity index (χ1) is 8.11. The molecule has 0 aliphatic carbocycles. The van der Waals surface area contributed by atoms with Crippen molar-refractivity contribution in [3.8, 4) is 5.75 Å². The smallest absolute Gasteiger partial charge is 0.338 e. The molecule has 2 N–H and O–H groups in total. The first-order valence-electron chi connectivity index (χ1n) is 5.12. The molecule has 1 heterocycles. The molecule has 6 nitrogen and oxygen atoms in total. The molecule has 1 aromatic heterocycles. The van der Waals surface area contributed by atoms with Gasteiger partial charge in [-0.3, -0.25) is 4.98 Å². The van der Waals surface area contributed by atoms with Crippen LogP contribution < -0.4 is 4.74 Å². The lowest BCUT2D eigenvalue weighted by atomic mass is 10.1. The van der Waals surface area contributed by atoms with E-state index in [0.29, 0.717) is 5.75 Å². The quantitative estimate of drug-likeness (QED) is 0.708. The first-order valence-corrected chi connectivity index (χ1v) is 5.12. The fourth-order valence-electron chi connectivity index (χ4n) is 1.33. The summed E-state index contributed by atoms with van der Waals surface area (Å²) >= 11 is 0. The monoisotopic (exact) mass is 241 g/mol. The summed E-state index contributed by atoms with van der Waals surface area (Å²) in [6.45, 7) is 1.74. The number of aromatic nitrogens is 1. The maximum atomic E-state index is 11.3. The molecule has 0 bridgehead atoms. The van der Waals surface area contributed by atoms with Crippen LogP contribution in [0.25, 0.3) is 0 Å². The number of nitrogens with zero attached hydrogens (tertiary/aromatic N) is 1. The minimum Gasteiger partial charge on any atom is -0.496 e. The average molecular weight is 241 g/mol. The van der Waals surface area contributed by atoms with Crippen LogP contribution in [-0.4, -0.2) is 41.0 Å². The van der Waals surface area contributed by atoms with Gasteiger partial charge in [-0.1, -0.05) is 0 Å². The number of pyridine rings is 1. The maximum absolute atomic E-state index is 11.3. The second-order valence-electron chi connectivity index (χ2n) is 3.26. The molecule has 0 aromatic carbocycles. The molecule has 2 unspecified atom stereocenters. The minimum absolute atomic E-state index is 0.132. The van der Waals surface area contributed by atoms with Crippen LogP contribution in [0.1, 0.15) is 18.6 Å². The van der Waals surface area contributed by atoms with Gasteiger partial charge in [0.25, 0.3) is 0 Å². The fourth-order valence-corrected chi connectivity index (χ4v) is 1.33. The molecule has 6 heteroatoms. The number of ether oxygens (including phenoxy) is 2. The molecule has 0 spiro atoms. The number of esters is 1. The number of rotatable bonds is 5. The molecule has 0 fully saturated rings. The number of hydrogen-bond donors (Lipinski definition) is 2. The molecule has 0 aliphatic heterocycles. The summed E-state index contributed by atoms with van der Waals surface area (Å²) in [7, 11) is 1.42. The summed E-state index contributed by atoms with van der Waals surface area (Å²) in [6, 6.07) is 1.52. The van der Waals surface area contributed by atoms with E-state index >= 15 is 0 Å². The summed E-state index contributed by atoms with van der Waals surface area (Å²) in [5.74, 6) is -0.540. The van der Waals surface area contributed by atoms with E-state index in [1.807, 2.05) is 0 Å². The highest BCUT2D eigenvalue weighted by atomic mass is 16.5. The van der Waals surface area contributed by atoms with Gasteiger partial charge in [0.05, 0.1) is 13.7 Å². The molecule has 94 valence electrons. The van der Waals surface area contributed by atoms with E-state index in [9.17, 15) is 15.0 Å². The molecular weight excluding hydrogens is 226 g/mol. The van der Waals surface area contributed by atoms with Crippen molar-refractivity contribution in [1.29, 1.82) is 0 Å². The highest BCUT2D eigenvalue weighted by Gasteiger charge is 2.29. The summed E-state index contributed by atoms with van der Waals surface area (Å²) in [4.78, 5) is 15.1. The predicted octanol–water partition coefficient (Wildman–Crippen LogP) is 0.0476. The van der Waals surface area contributed by atoms with Gasteiger partial charge in [-0.15, -0.1) is 0 Å². The number of aliphatic hydroxyl groups excluding tert-OH is 2. The Morgan fingerprint density at radius 1 is 1.53 bits per heavy atom. The van der Waals surface area contributed by atoms with E-state index in [1.54, 1.807) is 6.92 Å². The second-order valence-corrected chi connectivity index (χ2v) is 3.26. The normalized spacial score (nSPS) is 13.9. The summed E-state index contributed by atoms with van der Waals surface area (Å²) in [5.41, 5.74) is 0.232.